The zero-order chi connectivity index (χ0) is 11.5. The Balaban J connectivity index is 2.51. The van der Waals surface area contributed by atoms with Crippen LogP contribution in [0.2, 0.25) is 0 Å². The predicted molar refractivity (Wildman–Crippen MR) is 63.6 cm³/mol. The SMILES string of the molecule is CCc1c(CO)cnn1-c1cccc(C)c1. The van der Waals surface area contributed by atoms with Gasteiger partial charge in [0.25, 0.3) is 0 Å². The van der Waals surface area contributed by atoms with Gasteiger partial charge in [-0.15, -0.1) is 0 Å². The topological polar surface area (TPSA) is 38.1 Å². The lowest BCUT2D eigenvalue weighted by atomic mass is 10.2. The van der Waals surface area contributed by atoms with Crippen LogP contribution < -0.4 is 0 Å². The summed E-state index contributed by atoms with van der Waals surface area (Å²) < 4.78 is 1.90. The van der Waals surface area contributed by atoms with Gasteiger partial charge in [-0.1, -0.05) is 19.1 Å². The van der Waals surface area contributed by atoms with Crippen molar-refractivity contribution in [2.24, 2.45) is 0 Å². The number of benzene rings is 1. The summed E-state index contributed by atoms with van der Waals surface area (Å²) in [6, 6.07) is 8.20. The minimum Gasteiger partial charge on any atom is -0.392 e. The van der Waals surface area contributed by atoms with Crippen molar-refractivity contribution in [2.75, 3.05) is 0 Å². The molecule has 0 aliphatic heterocycles. The lowest BCUT2D eigenvalue weighted by Crippen LogP contribution is -2.02. The van der Waals surface area contributed by atoms with Gasteiger partial charge in [0.2, 0.25) is 0 Å². The molecule has 1 heterocycles. The summed E-state index contributed by atoms with van der Waals surface area (Å²) in [7, 11) is 0. The van der Waals surface area contributed by atoms with Crippen molar-refractivity contribution in [2.45, 2.75) is 26.9 Å². The van der Waals surface area contributed by atoms with Crippen molar-refractivity contribution in [1.29, 1.82) is 0 Å². The van der Waals surface area contributed by atoms with Crippen LogP contribution >= 0.6 is 0 Å². The van der Waals surface area contributed by atoms with Gasteiger partial charge >= 0.3 is 0 Å². The second-order valence-corrected chi connectivity index (χ2v) is 3.88. The van der Waals surface area contributed by atoms with E-state index in [0.29, 0.717) is 0 Å². The number of rotatable bonds is 3. The van der Waals surface area contributed by atoms with Crippen molar-refractivity contribution >= 4 is 0 Å². The Hall–Kier alpha value is -1.61. The van der Waals surface area contributed by atoms with Crippen LogP contribution in [0.5, 0.6) is 0 Å². The van der Waals surface area contributed by atoms with E-state index in [-0.39, 0.29) is 6.61 Å². The molecule has 0 amide bonds. The molecule has 3 heteroatoms. The number of aliphatic hydroxyl groups excluding tert-OH is 1. The number of hydrogen-bond acceptors (Lipinski definition) is 2. The van der Waals surface area contributed by atoms with Gasteiger partial charge in [-0.2, -0.15) is 5.10 Å². The van der Waals surface area contributed by atoms with Crippen LogP contribution in [0.4, 0.5) is 0 Å². The summed E-state index contributed by atoms with van der Waals surface area (Å²) in [5.41, 5.74) is 4.24. The van der Waals surface area contributed by atoms with Gasteiger partial charge in [-0.25, -0.2) is 4.68 Å². The summed E-state index contributed by atoms with van der Waals surface area (Å²) in [6.07, 6.45) is 2.60. The van der Waals surface area contributed by atoms with Crippen molar-refractivity contribution in [3.63, 3.8) is 0 Å². The highest BCUT2D eigenvalue weighted by molar-refractivity contribution is 5.37. The number of nitrogens with zero attached hydrogens (tertiary/aromatic N) is 2. The Labute approximate surface area is 95.3 Å². The molecule has 2 aromatic rings. The molecule has 1 N–H and O–H groups in total. The monoisotopic (exact) mass is 216 g/mol. The molecule has 16 heavy (non-hydrogen) atoms. The van der Waals surface area contributed by atoms with Gasteiger partial charge in [0.1, 0.15) is 0 Å². The zero-order valence-electron chi connectivity index (χ0n) is 9.64. The molecule has 1 aromatic carbocycles. The molecule has 3 nitrogen and oxygen atoms in total. The Bertz CT molecular complexity index is 488. The first kappa shape index (κ1) is 10.9. The lowest BCUT2D eigenvalue weighted by molar-refractivity contribution is 0.280. The first-order chi connectivity index (χ1) is 7.76. The summed E-state index contributed by atoms with van der Waals surface area (Å²) in [5.74, 6) is 0. The van der Waals surface area contributed by atoms with Gasteiger partial charge in [0.15, 0.2) is 0 Å². The smallest absolute Gasteiger partial charge is 0.0715 e. The largest absolute Gasteiger partial charge is 0.392 e. The van der Waals surface area contributed by atoms with Crippen molar-refractivity contribution in [3.8, 4) is 5.69 Å². The van der Waals surface area contributed by atoms with Gasteiger partial charge in [-0.3, -0.25) is 0 Å². The molecule has 0 unspecified atom stereocenters. The molecule has 2 rings (SSSR count). The Morgan fingerprint density at radius 3 is 2.81 bits per heavy atom. The van der Waals surface area contributed by atoms with E-state index in [1.807, 2.05) is 16.8 Å². The molecule has 0 atom stereocenters. The highest BCUT2D eigenvalue weighted by atomic mass is 16.3. The molecule has 0 aliphatic carbocycles. The number of aromatic nitrogens is 2. The predicted octanol–water partition coefficient (Wildman–Crippen LogP) is 2.24. The van der Waals surface area contributed by atoms with Crippen molar-refractivity contribution in [1.82, 2.24) is 9.78 Å². The van der Waals surface area contributed by atoms with E-state index in [1.165, 1.54) is 5.56 Å². The number of aryl methyl sites for hydroxylation is 1. The minimum atomic E-state index is 0.0506. The molecular weight excluding hydrogens is 200 g/mol. The fourth-order valence-corrected chi connectivity index (χ4v) is 1.90. The number of hydrogen-bond donors (Lipinski definition) is 1. The van der Waals surface area contributed by atoms with E-state index in [9.17, 15) is 5.11 Å². The van der Waals surface area contributed by atoms with Crippen LogP contribution in [0.25, 0.3) is 5.69 Å². The van der Waals surface area contributed by atoms with E-state index in [0.717, 1.165) is 23.4 Å². The van der Waals surface area contributed by atoms with E-state index in [1.54, 1.807) is 6.20 Å². The molecule has 1 aromatic heterocycles. The number of aliphatic hydroxyl groups is 1. The third kappa shape index (κ3) is 1.86. The van der Waals surface area contributed by atoms with Crippen LogP contribution in [-0.2, 0) is 13.0 Å². The average molecular weight is 216 g/mol. The van der Waals surface area contributed by atoms with Crippen LogP contribution in [0.15, 0.2) is 30.5 Å². The average Bonchev–Trinajstić information content (AvgIpc) is 2.71. The maximum absolute atomic E-state index is 9.21. The molecule has 0 fully saturated rings. The molecule has 0 saturated carbocycles. The molecule has 84 valence electrons. The zero-order valence-corrected chi connectivity index (χ0v) is 9.64. The summed E-state index contributed by atoms with van der Waals surface area (Å²) >= 11 is 0. The van der Waals surface area contributed by atoms with Crippen LogP contribution in [0.3, 0.4) is 0 Å². The second kappa shape index (κ2) is 4.49. The third-order valence-corrected chi connectivity index (χ3v) is 2.71. The van der Waals surface area contributed by atoms with Gasteiger partial charge in [0, 0.05) is 11.3 Å². The first-order valence-electron chi connectivity index (χ1n) is 5.50. The Morgan fingerprint density at radius 2 is 2.19 bits per heavy atom. The van der Waals surface area contributed by atoms with E-state index in [4.69, 9.17) is 0 Å². The maximum atomic E-state index is 9.21. The molecule has 0 spiro atoms. The van der Waals surface area contributed by atoms with Gasteiger partial charge < -0.3 is 5.11 Å². The highest BCUT2D eigenvalue weighted by Gasteiger charge is 2.09. The lowest BCUT2D eigenvalue weighted by Gasteiger charge is -2.07. The third-order valence-electron chi connectivity index (χ3n) is 2.71. The summed E-state index contributed by atoms with van der Waals surface area (Å²) in [4.78, 5) is 0. The standard InChI is InChI=1S/C13H16N2O/c1-3-13-11(9-16)8-14-15(13)12-6-4-5-10(2)7-12/h4-8,16H,3,9H2,1-2H3. The summed E-state index contributed by atoms with van der Waals surface area (Å²) in [6.45, 7) is 4.18. The molecule has 0 aliphatic rings. The maximum Gasteiger partial charge on any atom is 0.0715 e. The van der Waals surface area contributed by atoms with E-state index < -0.39 is 0 Å². The summed E-state index contributed by atoms with van der Waals surface area (Å²) in [5, 5.41) is 13.5. The quantitative estimate of drug-likeness (QED) is 0.854. The fraction of sp³-hybridized carbons (Fsp3) is 0.308. The van der Waals surface area contributed by atoms with Crippen molar-refractivity contribution < 1.29 is 5.11 Å². The Kier molecular flexibility index (Phi) is 3.06. The van der Waals surface area contributed by atoms with E-state index in [2.05, 4.69) is 31.1 Å². The van der Waals surface area contributed by atoms with Crippen LogP contribution in [-0.4, -0.2) is 14.9 Å². The molecule has 0 bridgehead atoms. The molecular formula is C13H16N2O. The van der Waals surface area contributed by atoms with Gasteiger partial charge in [-0.05, 0) is 31.0 Å². The molecule has 0 radical (unpaired) electrons. The van der Waals surface area contributed by atoms with Crippen LogP contribution in [0.1, 0.15) is 23.7 Å². The minimum absolute atomic E-state index is 0.0506. The normalized spacial score (nSPS) is 10.7. The fourth-order valence-electron chi connectivity index (χ4n) is 1.90. The van der Waals surface area contributed by atoms with Crippen molar-refractivity contribution in [3.05, 3.63) is 47.3 Å². The van der Waals surface area contributed by atoms with Gasteiger partial charge in [0.05, 0.1) is 18.5 Å². The highest BCUT2D eigenvalue weighted by Crippen LogP contribution is 2.16. The second-order valence-electron chi connectivity index (χ2n) is 3.88. The molecule has 0 saturated heterocycles. The van der Waals surface area contributed by atoms with Crippen LogP contribution in [0, 0.1) is 6.92 Å². The first-order valence-corrected chi connectivity index (χ1v) is 5.50. The van der Waals surface area contributed by atoms with E-state index >= 15 is 0 Å². The Morgan fingerprint density at radius 1 is 1.38 bits per heavy atom.